The SMILES string of the molecule is Cc1ncc(S(=O)(=O)N2CCCC3CCCC32)[nH]1. The molecule has 2 fully saturated rings. The quantitative estimate of drug-likeness (QED) is 0.888. The van der Waals surface area contributed by atoms with Crippen molar-refractivity contribution in [2.45, 2.75) is 50.1 Å². The van der Waals surface area contributed by atoms with Gasteiger partial charge in [0.2, 0.25) is 0 Å². The maximum absolute atomic E-state index is 12.6. The zero-order chi connectivity index (χ0) is 12.8. The molecule has 1 N–H and O–H groups in total. The number of aromatic amines is 1. The molecule has 5 nitrogen and oxygen atoms in total. The summed E-state index contributed by atoms with van der Waals surface area (Å²) in [4.78, 5) is 6.85. The zero-order valence-corrected chi connectivity index (χ0v) is 11.4. The van der Waals surface area contributed by atoms with Crippen LogP contribution >= 0.6 is 0 Å². The van der Waals surface area contributed by atoms with Gasteiger partial charge in [0.15, 0.2) is 5.03 Å². The van der Waals surface area contributed by atoms with E-state index in [1.807, 2.05) is 0 Å². The normalized spacial score (nSPS) is 29.4. The van der Waals surface area contributed by atoms with Gasteiger partial charge in [-0.05, 0) is 38.5 Å². The van der Waals surface area contributed by atoms with Crippen LogP contribution in [0.25, 0.3) is 0 Å². The van der Waals surface area contributed by atoms with E-state index in [0.717, 1.165) is 19.3 Å². The smallest absolute Gasteiger partial charge is 0.260 e. The van der Waals surface area contributed by atoms with Crippen molar-refractivity contribution in [3.05, 3.63) is 12.0 Å². The molecule has 1 saturated heterocycles. The van der Waals surface area contributed by atoms with Crippen LogP contribution in [-0.2, 0) is 10.0 Å². The van der Waals surface area contributed by atoms with Gasteiger partial charge < -0.3 is 4.98 Å². The summed E-state index contributed by atoms with van der Waals surface area (Å²) in [6.45, 7) is 2.43. The second-order valence-electron chi connectivity index (χ2n) is 5.35. The van der Waals surface area contributed by atoms with E-state index < -0.39 is 10.0 Å². The van der Waals surface area contributed by atoms with Crippen molar-refractivity contribution in [1.82, 2.24) is 14.3 Å². The third kappa shape index (κ3) is 1.87. The molecule has 1 aromatic heterocycles. The van der Waals surface area contributed by atoms with Gasteiger partial charge in [-0.25, -0.2) is 13.4 Å². The van der Waals surface area contributed by atoms with E-state index in [4.69, 9.17) is 0 Å². The number of H-pyrrole nitrogens is 1. The van der Waals surface area contributed by atoms with E-state index in [-0.39, 0.29) is 11.1 Å². The number of nitrogens with zero attached hydrogens (tertiary/aromatic N) is 2. The van der Waals surface area contributed by atoms with Gasteiger partial charge in [-0.3, -0.25) is 0 Å². The molecule has 2 unspecified atom stereocenters. The van der Waals surface area contributed by atoms with Gasteiger partial charge in [-0.1, -0.05) is 6.42 Å². The maximum atomic E-state index is 12.6. The predicted molar refractivity (Wildman–Crippen MR) is 67.6 cm³/mol. The number of imidazole rings is 1. The minimum absolute atomic E-state index is 0.215. The van der Waals surface area contributed by atoms with Gasteiger partial charge in [0, 0.05) is 12.6 Å². The number of aromatic nitrogens is 2. The number of hydrogen-bond acceptors (Lipinski definition) is 3. The second-order valence-corrected chi connectivity index (χ2v) is 7.21. The van der Waals surface area contributed by atoms with Crippen LogP contribution in [0.3, 0.4) is 0 Å². The average Bonchev–Trinajstić information content (AvgIpc) is 2.96. The number of rotatable bonds is 2. The van der Waals surface area contributed by atoms with Crippen molar-refractivity contribution >= 4 is 10.0 Å². The average molecular weight is 269 g/mol. The Labute approximate surface area is 108 Å². The lowest BCUT2D eigenvalue weighted by Crippen LogP contribution is -2.46. The Morgan fingerprint density at radius 2 is 2.11 bits per heavy atom. The van der Waals surface area contributed by atoms with Gasteiger partial charge in [-0.15, -0.1) is 0 Å². The van der Waals surface area contributed by atoms with Crippen LogP contribution in [0.5, 0.6) is 0 Å². The Balaban J connectivity index is 1.93. The van der Waals surface area contributed by atoms with Gasteiger partial charge in [0.05, 0.1) is 6.20 Å². The Morgan fingerprint density at radius 1 is 1.33 bits per heavy atom. The topological polar surface area (TPSA) is 66.1 Å². The highest BCUT2D eigenvalue weighted by Crippen LogP contribution is 2.39. The van der Waals surface area contributed by atoms with E-state index in [2.05, 4.69) is 9.97 Å². The molecule has 2 atom stereocenters. The highest BCUT2D eigenvalue weighted by Gasteiger charge is 2.41. The van der Waals surface area contributed by atoms with Crippen molar-refractivity contribution in [3.63, 3.8) is 0 Å². The molecule has 0 amide bonds. The van der Waals surface area contributed by atoms with Crippen LogP contribution in [0.15, 0.2) is 11.2 Å². The molecule has 2 aliphatic rings. The highest BCUT2D eigenvalue weighted by molar-refractivity contribution is 7.89. The summed E-state index contributed by atoms with van der Waals surface area (Å²) >= 11 is 0. The lowest BCUT2D eigenvalue weighted by molar-refractivity contribution is 0.201. The van der Waals surface area contributed by atoms with Crippen molar-refractivity contribution in [1.29, 1.82) is 0 Å². The van der Waals surface area contributed by atoms with Crippen molar-refractivity contribution in [2.75, 3.05) is 6.54 Å². The summed E-state index contributed by atoms with van der Waals surface area (Å²) in [7, 11) is -3.38. The number of sulfonamides is 1. The van der Waals surface area contributed by atoms with Gasteiger partial charge in [-0.2, -0.15) is 4.31 Å². The number of piperidine rings is 1. The van der Waals surface area contributed by atoms with E-state index in [1.165, 1.54) is 19.0 Å². The van der Waals surface area contributed by atoms with Crippen LogP contribution in [0.4, 0.5) is 0 Å². The van der Waals surface area contributed by atoms with Crippen molar-refractivity contribution in [3.8, 4) is 0 Å². The first-order chi connectivity index (χ1) is 8.59. The molecular formula is C12H19N3O2S. The Bertz CT molecular complexity index is 537. The van der Waals surface area contributed by atoms with Crippen LogP contribution < -0.4 is 0 Å². The number of hydrogen-bond donors (Lipinski definition) is 1. The molecule has 1 saturated carbocycles. The molecule has 0 aromatic carbocycles. The summed E-state index contributed by atoms with van der Waals surface area (Å²) in [5.74, 6) is 1.21. The lowest BCUT2D eigenvalue weighted by Gasteiger charge is -2.36. The number of nitrogens with one attached hydrogen (secondary N) is 1. The monoisotopic (exact) mass is 269 g/mol. The molecule has 1 aromatic rings. The van der Waals surface area contributed by atoms with Crippen LogP contribution in [0, 0.1) is 12.8 Å². The predicted octanol–water partition coefficient (Wildman–Crippen LogP) is 1.67. The molecule has 0 radical (unpaired) electrons. The fraction of sp³-hybridized carbons (Fsp3) is 0.750. The third-order valence-corrected chi connectivity index (χ3v) is 6.04. The van der Waals surface area contributed by atoms with Crippen LogP contribution in [0.1, 0.15) is 37.9 Å². The summed E-state index contributed by atoms with van der Waals surface area (Å²) in [5.41, 5.74) is 0. The van der Waals surface area contributed by atoms with Crippen molar-refractivity contribution < 1.29 is 8.42 Å². The van der Waals surface area contributed by atoms with Crippen LogP contribution in [0.2, 0.25) is 0 Å². The molecule has 3 rings (SSSR count). The molecular weight excluding hydrogens is 250 g/mol. The minimum atomic E-state index is -3.38. The molecule has 1 aliphatic carbocycles. The zero-order valence-electron chi connectivity index (χ0n) is 10.6. The van der Waals surface area contributed by atoms with E-state index >= 15 is 0 Å². The first-order valence-corrected chi connectivity index (χ1v) is 8.06. The largest absolute Gasteiger partial charge is 0.332 e. The highest BCUT2D eigenvalue weighted by atomic mass is 32.2. The van der Waals surface area contributed by atoms with Crippen LogP contribution in [-0.4, -0.2) is 35.3 Å². The Hall–Kier alpha value is -0.880. The molecule has 0 bridgehead atoms. The molecule has 0 spiro atoms. The van der Waals surface area contributed by atoms with E-state index in [1.54, 1.807) is 11.2 Å². The molecule has 1 aliphatic heterocycles. The molecule has 18 heavy (non-hydrogen) atoms. The second kappa shape index (κ2) is 4.35. The number of fused-ring (bicyclic) bond motifs is 1. The maximum Gasteiger partial charge on any atom is 0.260 e. The van der Waals surface area contributed by atoms with Crippen molar-refractivity contribution in [2.24, 2.45) is 5.92 Å². The fourth-order valence-electron chi connectivity index (χ4n) is 3.36. The van der Waals surface area contributed by atoms with Gasteiger partial charge in [0.25, 0.3) is 10.0 Å². The Morgan fingerprint density at radius 3 is 2.83 bits per heavy atom. The lowest BCUT2D eigenvalue weighted by atomic mass is 9.94. The van der Waals surface area contributed by atoms with Gasteiger partial charge in [0.1, 0.15) is 5.82 Å². The Kier molecular flexibility index (Phi) is 2.94. The molecule has 100 valence electrons. The standard InChI is InChI=1S/C12H19N3O2S/c1-9-13-8-12(14-9)18(16,17)15-7-3-5-10-4-2-6-11(10)15/h8,10-11H,2-7H2,1H3,(H,13,14). The first kappa shape index (κ1) is 12.2. The minimum Gasteiger partial charge on any atom is -0.332 e. The third-order valence-electron chi connectivity index (χ3n) is 4.21. The molecule has 2 heterocycles. The fourth-order valence-corrected chi connectivity index (χ4v) is 5.08. The first-order valence-electron chi connectivity index (χ1n) is 6.62. The number of aryl methyl sites for hydroxylation is 1. The molecule has 6 heteroatoms. The van der Waals surface area contributed by atoms with E-state index in [9.17, 15) is 8.42 Å². The summed E-state index contributed by atoms with van der Waals surface area (Å²) in [6.07, 6.45) is 6.94. The summed E-state index contributed by atoms with van der Waals surface area (Å²) in [6, 6.07) is 0.215. The summed E-state index contributed by atoms with van der Waals surface area (Å²) in [5, 5.41) is 0.243. The summed E-state index contributed by atoms with van der Waals surface area (Å²) < 4.78 is 26.9. The van der Waals surface area contributed by atoms with E-state index in [0.29, 0.717) is 18.3 Å². The van der Waals surface area contributed by atoms with Gasteiger partial charge >= 0.3 is 0 Å².